The van der Waals surface area contributed by atoms with Crippen molar-refractivity contribution in [1.82, 2.24) is 14.8 Å². The normalized spacial score (nSPS) is 16.0. The molecular formula is C9H14N4S. The molecule has 2 rings (SSSR count). The molecule has 0 atom stereocenters. The fourth-order valence-electron chi connectivity index (χ4n) is 1.83. The lowest BCUT2D eigenvalue weighted by atomic mass is 10.2. The summed E-state index contributed by atoms with van der Waals surface area (Å²) in [5, 5.41) is 8.29. The van der Waals surface area contributed by atoms with Gasteiger partial charge in [0.1, 0.15) is 11.6 Å². The monoisotopic (exact) mass is 210 g/mol. The fourth-order valence-corrected chi connectivity index (χ4v) is 1.96. The lowest BCUT2D eigenvalue weighted by Crippen LogP contribution is -2.16. The zero-order chi connectivity index (χ0) is 9.97. The van der Waals surface area contributed by atoms with Crippen LogP contribution in [-0.4, -0.2) is 19.8 Å². The molecule has 1 aliphatic heterocycles. The zero-order valence-electron chi connectivity index (χ0n) is 8.07. The van der Waals surface area contributed by atoms with Crippen LogP contribution >= 0.6 is 12.2 Å². The number of hydrogen-bond acceptors (Lipinski definition) is 3. The molecule has 1 aliphatic rings. The summed E-state index contributed by atoms with van der Waals surface area (Å²) in [6.45, 7) is 1.01. The van der Waals surface area contributed by atoms with Gasteiger partial charge in [-0.3, -0.25) is 0 Å². The minimum Gasteiger partial charge on any atom is -0.393 e. The molecule has 1 aromatic rings. The molecule has 0 aromatic carbocycles. The number of hydrogen-bond donors (Lipinski definition) is 1. The SMILES string of the molecule is NC(=S)Cc1nnc2n1CCCCC2. The summed E-state index contributed by atoms with van der Waals surface area (Å²) in [5.74, 6) is 2.02. The van der Waals surface area contributed by atoms with Gasteiger partial charge in [0.15, 0.2) is 0 Å². The molecule has 0 aliphatic carbocycles. The summed E-state index contributed by atoms with van der Waals surface area (Å²) in [4.78, 5) is 0.490. The molecule has 0 unspecified atom stereocenters. The number of nitrogens with zero attached hydrogens (tertiary/aromatic N) is 3. The number of aryl methyl sites for hydroxylation is 1. The van der Waals surface area contributed by atoms with Gasteiger partial charge in [-0.15, -0.1) is 10.2 Å². The Morgan fingerprint density at radius 3 is 3.00 bits per heavy atom. The summed E-state index contributed by atoms with van der Waals surface area (Å²) in [6, 6.07) is 0. The summed E-state index contributed by atoms with van der Waals surface area (Å²) in [6.07, 6.45) is 5.29. The van der Waals surface area contributed by atoms with E-state index >= 15 is 0 Å². The first-order valence-corrected chi connectivity index (χ1v) is 5.37. The maximum Gasteiger partial charge on any atom is 0.139 e. The minimum absolute atomic E-state index is 0.490. The molecule has 0 amide bonds. The maximum absolute atomic E-state index is 5.51. The summed E-state index contributed by atoms with van der Waals surface area (Å²) in [7, 11) is 0. The Bertz CT molecular complexity index is 345. The molecule has 0 saturated carbocycles. The van der Waals surface area contributed by atoms with Crippen LogP contribution in [0.15, 0.2) is 0 Å². The highest BCUT2D eigenvalue weighted by atomic mass is 32.1. The number of thiocarbonyl (C=S) groups is 1. The summed E-state index contributed by atoms with van der Waals surface area (Å²) < 4.78 is 2.17. The average molecular weight is 210 g/mol. The lowest BCUT2D eigenvalue weighted by molar-refractivity contribution is 0.615. The van der Waals surface area contributed by atoms with Crippen molar-refractivity contribution < 1.29 is 0 Å². The third-order valence-electron chi connectivity index (χ3n) is 2.52. The zero-order valence-corrected chi connectivity index (χ0v) is 8.89. The second-order valence-corrected chi connectivity index (χ2v) is 4.16. The van der Waals surface area contributed by atoms with E-state index in [2.05, 4.69) is 14.8 Å². The van der Waals surface area contributed by atoms with Crippen LogP contribution in [0, 0.1) is 0 Å². The summed E-state index contributed by atoms with van der Waals surface area (Å²) in [5.41, 5.74) is 5.51. The van der Waals surface area contributed by atoms with Crippen LogP contribution < -0.4 is 5.73 Å². The molecule has 76 valence electrons. The largest absolute Gasteiger partial charge is 0.393 e. The van der Waals surface area contributed by atoms with Crippen molar-refractivity contribution in [3.05, 3.63) is 11.6 Å². The van der Waals surface area contributed by atoms with Gasteiger partial charge in [0, 0.05) is 13.0 Å². The van der Waals surface area contributed by atoms with Crippen molar-refractivity contribution >= 4 is 17.2 Å². The van der Waals surface area contributed by atoms with E-state index in [1.165, 1.54) is 19.3 Å². The van der Waals surface area contributed by atoms with Gasteiger partial charge in [0.05, 0.1) is 11.4 Å². The Labute approximate surface area is 88.5 Å². The lowest BCUT2D eigenvalue weighted by Gasteiger charge is -2.05. The van der Waals surface area contributed by atoms with Crippen LogP contribution in [-0.2, 0) is 19.4 Å². The molecule has 2 heterocycles. The number of fused-ring (bicyclic) bond motifs is 1. The first-order valence-electron chi connectivity index (χ1n) is 4.96. The van der Waals surface area contributed by atoms with Crippen LogP contribution in [0.3, 0.4) is 0 Å². The molecule has 4 nitrogen and oxygen atoms in total. The van der Waals surface area contributed by atoms with Crippen molar-refractivity contribution in [2.45, 2.75) is 38.6 Å². The molecule has 0 fully saturated rings. The molecule has 14 heavy (non-hydrogen) atoms. The van der Waals surface area contributed by atoms with E-state index in [9.17, 15) is 0 Å². The van der Waals surface area contributed by atoms with Crippen molar-refractivity contribution in [2.75, 3.05) is 0 Å². The van der Waals surface area contributed by atoms with E-state index in [4.69, 9.17) is 18.0 Å². The summed E-state index contributed by atoms with van der Waals surface area (Å²) >= 11 is 4.88. The molecular weight excluding hydrogens is 196 g/mol. The van der Waals surface area contributed by atoms with Gasteiger partial charge >= 0.3 is 0 Å². The van der Waals surface area contributed by atoms with Crippen molar-refractivity contribution in [1.29, 1.82) is 0 Å². The third kappa shape index (κ3) is 1.92. The molecule has 0 spiro atoms. The highest BCUT2D eigenvalue weighted by molar-refractivity contribution is 7.80. The second-order valence-electron chi connectivity index (χ2n) is 3.64. The highest BCUT2D eigenvalue weighted by Gasteiger charge is 2.14. The number of rotatable bonds is 2. The predicted molar refractivity (Wildman–Crippen MR) is 58.1 cm³/mol. The Kier molecular flexibility index (Phi) is 2.77. The molecule has 1 aromatic heterocycles. The van der Waals surface area contributed by atoms with E-state index in [1.54, 1.807) is 0 Å². The van der Waals surface area contributed by atoms with E-state index in [-0.39, 0.29) is 0 Å². The van der Waals surface area contributed by atoms with Gasteiger partial charge < -0.3 is 10.3 Å². The molecule has 5 heteroatoms. The third-order valence-corrected chi connectivity index (χ3v) is 2.66. The Morgan fingerprint density at radius 1 is 1.36 bits per heavy atom. The van der Waals surface area contributed by atoms with E-state index in [0.29, 0.717) is 11.4 Å². The van der Waals surface area contributed by atoms with Crippen LogP contribution in [0.5, 0.6) is 0 Å². The van der Waals surface area contributed by atoms with Crippen molar-refractivity contribution in [3.8, 4) is 0 Å². The van der Waals surface area contributed by atoms with Gasteiger partial charge in [-0.05, 0) is 12.8 Å². The van der Waals surface area contributed by atoms with Gasteiger partial charge in [0.25, 0.3) is 0 Å². The topological polar surface area (TPSA) is 56.7 Å². The Hall–Kier alpha value is -0.970. The van der Waals surface area contributed by atoms with Crippen LogP contribution in [0.25, 0.3) is 0 Å². The van der Waals surface area contributed by atoms with E-state index in [0.717, 1.165) is 24.6 Å². The molecule has 0 radical (unpaired) electrons. The smallest absolute Gasteiger partial charge is 0.139 e. The molecule has 2 N–H and O–H groups in total. The van der Waals surface area contributed by atoms with Gasteiger partial charge in [0.2, 0.25) is 0 Å². The first kappa shape index (κ1) is 9.58. The maximum atomic E-state index is 5.51. The second kappa shape index (κ2) is 4.04. The van der Waals surface area contributed by atoms with Crippen LogP contribution in [0.4, 0.5) is 0 Å². The molecule has 0 bridgehead atoms. The van der Waals surface area contributed by atoms with Gasteiger partial charge in [-0.25, -0.2) is 0 Å². The fraction of sp³-hybridized carbons (Fsp3) is 0.667. The average Bonchev–Trinajstić information content (AvgIpc) is 2.37. The Balaban J connectivity index is 2.24. The van der Waals surface area contributed by atoms with Crippen molar-refractivity contribution in [2.24, 2.45) is 5.73 Å². The van der Waals surface area contributed by atoms with E-state index < -0.39 is 0 Å². The predicted octanol–water partition coefficient (Wildman–Crippen LogP) is 0.833. The number of nitrogens with two attached hydrogens (primary N) is 1. The molecule has 0 saturated heterocycles. The van der Waals surface area contributed by atoms with Crippen molar-refractivity contribution in [3.63, 3.8) is 0 Å². The minimum atomic E-state index is 0.490. The quantitative estimate of drug-likeness (QED) is 0.735. The highest BCUT2D eigenvalue weighted by Crippen LogP contribution is 2.14. The van der Waals surface area contributed by atoms with Gasteiger partial charge in [-0.2, -0.15) is 0 Å². The van der Waals surface area contributed by atoms with Crippen LogP contribution in [0.2, 0.25) is 0 Å². The van der Waals surface area contributed by atoms with Gasteiger partial charge in [-0.1, -0.05) is 18.6 Å². The standard InChI is InChI=1S/C9H14N4S/c10-7(14)6-9-12-11-8-4-2-1-3-5-13(8)9/h1-6H2,(H2,10,14). The first-order chi connectivity index (χ1) is 6.77. The van der Waals surface area contributed by atoms with E-state index in [1.807, 2.05) is 0 Å². The van der Waals surface area contributed by atoms with Crippen LogP contribution in [0.1, 0.15) is 30.9 Å². The number of aromatic nitrogens is 3. The Morgan fingerprint density at radius 2 is 2.21 bits per heavy atom.